The third-order valence-corrected chi connectivity index (χ3v) is 8.32. The van der Waals surface area contributed by atoms with E-state index in [4.69, 9.17) is 14.4 Å². The van der Waals surface area contributed by atoms with Crippen LogP contribution in [0.15, 0.2) is 114 Å². The molecule has 4 nitrogen and oxygen atoms in total. The molecule has 1 aliphatic carbocycles. The lowest BCUT2D eigenvalue weighted by Gasteiger charge is -2.18. The molecule has 0 atom stereocenters. The summed E-state index contributed by atoms with van der Waals surface area (Å²) in [6.45, 7) is 0. The van der Waals surface area contributed by atoms with Crippen LogP contribution in [0.3, 0.4) is 0 Å². The van der Waals surface area contributed by atoms with Gasteiger partial charge in [-0.3, -0.25) is 4.57 Å². The second kappa shape index (κ2) is 8.14. The van der Waals surface area contributed by atoms with Crippen LogP contribution in [0.2, 0.25) is 0 Å². The van der Waals surface area contributed by atoms with Gasteiger partial charge < -0.3 is 4.42 Å². The van der Waals surface area contributed by atoms with Gasteiger partial charge in [0.15, 0.2) is 0 Å². The van der Waals surface area contributed by atoms with Crippen molar-refractivity contribution in [1.29, 1.82) is 0 Å². The molecule has 3 aromatic heterocycles. The molecule has 3 heterocycles. The Hall–Kier alpha value is -5.22. The van der Waals surface area contributed by atoms with E-state index < -0.39 is 0 Å². The Kier molecular flexibility index (Phi) is 4.41. The lowest BCUT2D eigenvalue weighted by Crippen LogP contribution is -2.07. The summed E-state index contributed by atoms with van der Waals surface area (Å²) in [4.78, 5) is 10.5. The normalized spacial score (nSPS) is 13.4. The maximum Gasteiger partial charge on any atom is 0.235 e. The summed E-state index contributed by atoms with van der Waals surface area (Å²) in [5.74, 6) is 0.676. The molecule has 188 valence electrons. The summed E-state index contributed by atoms with van der Waals surface area (Å²) in [6, 6.07) is 38.1. The molecule has 0 unspecified atom stereocenters. The van der Waals surface area contributed by atoms with Crippen molar-refractivity contribution in [1.82, 2.24) is 14.5 Å². The van der Waals surface area contributed by atoms with Gasteiger partial charge in [-0.25, -0.2) is 9.97 Å². The minimum atomic E-state index is 0.676. The maximum atomic E-state index is 6.48. The van der Waals surface area contributed by atoms with E-state index in [9.17, 15) is 0 Å². The van der Waals surface area contributed by atoms with E-state index in [1.54, 1.807) is 0 Å². The number of furan rings is 1. The molecular formula is C36H23N3O. The van der Waals surface area contributed by atoms with Crippen molar-refractivity contribution in [2.45, 2.75) is 12.8 Å². The van der Waals surface area contributed by atoms with Crippen molar-refractivity contribution in [2.24, 2.45) is 0 Å². The van der Waals surface area contributed by atoms with Crippen LogP contribution in [0.1, 0.15) is 23.2 Å². The van der Waals surface area contributed by atoms with Gasteiger partial charge >= 0.3 is 0 Å². The number of para-hydroxylation sites is 3. The number of hydrogen-bond donors (Lipinski definition) is 0. The van der Waals surface area contributed by atoms with Crippen molar-refractivity contribution >= 4 is 66.3 Å². The summed E-state index contributed by atoms with van der Waals surface area (Å²) in [7, 11) is 0. The monoisotopic (exact) mass is 513 g/mol. The van der Waals surface area contributed by atoms with E-state index in [1.165, 1.54) is 16.7 Å². The topological polar surface area (TPSA) is 43.9 Å². The summed E-state index contributed by atoms with van der Waals surface area (Å²) < 4.78 is 8.68. The van der Waals surface area contributed by atoms with Crippen LogP contribution in [0.4, 0.5) is 0 Å². The van der Waals surface area contributed by atoms with Crippen LogP contribution in [0, 0.1) is 0 Å². The van der Waals surface area contributed by atoms with Gasteiger partial charge in [-0.05, 0) is 65.9 Å². The molecule has 1 aliphatic rings. The molecule has 0 aliphatic heterocycles. The summed E-state index contributed by atoms with van der Waals surface area (Å²) in [5.41, 5.74) is 9.77. The highest BCUT2D eigenvalue weighted by Crippen LogP contribution is 2.41. The van der Waals surface area contributed by atoms with Crippen LogP contribution in [-0.2, 0) is 6.42 Å². The second-order valence-electron chi connectivity index (χ2n) is 10.5. The Morgan fingerprint density at radius 1 is 0.600 bits per heavy atom. The average molecular weight is 514 g/mol. The van der Waals surface area contributed by atoms with Crippen molar-refractivity contribution in [3.05, 3.63) is 126 Å². The van der Waals surface area contributed by atoms with Gasteiger partial charge in [0.1, 0.15) is 11.2 Å². The third kappa shape index (κ3) is 3.02. The van der Waals surface area contributed by atoms with Crippen molar-refractivity contribution in [2.75, 3.05) is 0 Å². The van der Waals surface area contributed by atoms with Crippen molar-refractivity contribution in [3.63, 3.8) is 0 Å². The highest BCUT2D eigenvalue weighted by molar-refractivity contribution is 6.23. The van der Waals surface area contributed by atoms with E-state index in [0.717, 1.165) is 73.2 Å². The lowest BCUT2D eigenvalue weighted by atomic mass is 9.89. The van der Waals surface area contributed by atoms with Crippen LogP contribution < -0.4 is 0 Å². The molecule has 5 aromatic carbocycles. The zero-order chi connectivity index (χ0) is 26.2. The molecule has 40 heavy (non-hydrogen) atoms. The molecule has 0 amide bonds. The molecule has 0 radical (unpaired) electrons. The number of benzene rings is 5. The van der Waals surface area contributed by atoms with Gasteiger partial charge in [0.2, 0.25) is 5.95 Å². The first kappa shape index (κ1) is 21.7. The molecule has 8 aromatic rings. The number of nitrogens with zero attached hydrogens (tertiary/aromatic N) is 3. The van der Waals surface area contributed by atoms with Crippen LogP contribution in [0.5, 0.6) is 0 Å². The number of fused-ring (bicyclic) bond motifs is 9. The highest BCUT2D eigenvalue weighted by atomic mass is 16.3. The Bertz CT molecular complexity index is 2340. The molecule has 0 saturated carbocycles. The Morgan fingerprint density at radius 2 is 1.38 bits per heavy atom. The number of allylic oxidation sites excluding steroid dienone is 1. The van der Waals surface area contributed by atoms with E-state index in [2.05, 4.69) is 108 Å². The first-order valence-corrected chi connectivity index (χ1v) is 13.7. The molecule has 0 saturated heterocycles. The fourth-order valence-corrected chi connectivity index (χ4v) is 6.48. The van der Waals surface area contributed by atoms with Gasteiger partial charge in [0.05, 0.1) is 27.6 Å². The Balaban J connectivity index is 1.37. The quantitative estimate of drug-likeness (QED) is 0.231. The first-order chi connectivity index (χ1) is 19.8. The molecule has 9 rings (SSSR count). The molecule has 0 N–H and O–H groups in total. The van der Waals surface area contributed by atoms with E-state index >= 15 is 0 Å². The van der Waals surface area contributed by atoms with E-state index in [0.29, 0.717) is 5.95 Å². The smallest absolute Gasteiger partial charge is 0.235 e. The zero-order valence-corrected chi connectivity index (χ0v) is 21.6. The number of hydrogen-bond acceptors (Lipinski definition) is 3. The molecule has 0 fully saturated rings. The Morgan fingerprint density at radius 3 is 2.33 bits per heavy atom. The summed E-state index contributed by atoms with van der Waals surface area (Å²) in [5, 5.41) is 5.55. The molecule has 4 heteroatoms. The average Bonchev–Trinajstić information content (AvgIpc) is 3.56. The molecule has 0 bridgehead atoms. The highest BCUT2D eigenvalue weighted by Gasteiger charge is 2.22. The fraction of sp³-hybridized carbons (Fsp3) is 0.0556. The zero-order valence-electron chi connectivity index (χ0n) is 21.6. The summed E-state index contributed by atoms with van der Waals surface area (Å²) >= 11 is 0. The lowest BCUT2D eigenvalue weighted by molar-refractivity contribution is 0.673. The van der Waals surface area contributed by atoms with Crippen molar-refractivity contribution < 1.29 is 4.42 Å². The Labute approximate surface area is 229 Å². The maximum absolute atomic E-state index is 6.48. The number of rotatable bonds is 2. The van der Waals surface area contributed by atoms with Gasteiger partial charge in [-0.1, -0.05) is 78.9 Å². The summed E-state index contributed by atoms with van der Waals surface area (Å²) in [6.07, 6.45) is 4.26. The minimum Gasteiger partial charge on any atom is -0.455 e. The predicted molar refractivity (Wildman–Crippen MR) is 164 cm³/mol. The van der Waals surface area contributed by atoms with Gasteiger partial charge in [-0.2, -0.15) is 0 Å². The number of aryl methyl sites for hydroxylation is 1. The van der Waals surface area contributed by atoms with Gasteiger partial charge in [0, 0.05) is 21.5 Å². The van der Waals surface area contributed by atoms with Crippen LogP contribution in [0.25, 0.3) is 72.2 Å². The van der Waals surface area contributed by atoms with E-state index in [-0.39, 0.29) is 0 Å². The predicted octanol–water partition coefficient (Wildman–Crippen LogP) is 9.11. The molecule has 0 spiro atoms. The van der Waals surface area contributed by atoms with Crippen molar-refractivity contribution in [3.8, 4) is 5.95 Å². The standard InChI is InChI=1S/C36H23N3O/c1-2-10-23-21-24(18-17-22(23)9-1)34-27-12-3-6-14-29(27)37-36(38-34)39-30-15-7-4-13-28(30)33-31(39)20-19-26-25-11-5-8-16-32(25)40-35(26)33/h1-16,19-21H,17-18H2. The first-order valence-electron chi connectivity index (χ1n) is 13.7. The van der Waals surface area contributed by atoms with Gasteiger partial charge in [0.25, 0.3) is 0 Å². The third-order valence-electron chi connectivity index (χ3n) is 8.32. The van der Waals surface area contributed by atoms with E-state index in [1.807, 2.05) is 12.1 Å². The second-order valence-corrected chi connectivity index (χ2v) is 10.5. The fourth-order valence-electron chi connectivity index (χ4n) is 6.48. The SMILES string of the molecule is C1=C(c2nc(-n3c4ccccc4c4c5oc6ccccc6c5ccc43)nc3ccccc23)CCc2ccccc21. The minimum absolute atomic E-state index is 0.676. The van der Waals surface area contributed by atoms with Crippen LogP contribution in [-0.4, -0.2) is 14.5 Å². The molecular weight excluding hydrogens is 490 g/mol. The van der Waals surface area contributed by atoms with Crippen LogP contribution >= 0.6 is 0 Å². The number of aromatic nitrogens is 3. The largest absolute Gasteiger partial charge is 0.455 e. The van der Waals surface area contributed by atoms with Gasteiger partial charge in [-0.15, -0.1) is 0 Å².